The van der Waals surface area contributed by atoms with Crippen LogP contribution in [-0.4, -0.2) is 55.2 Å². The summed E-state index contributed by atoms with van der Waals surface area (Å²) in [7, 11) is 3.76. The van der Waals surface area contributed by atoms with Crippen LogP contribution in [0.1, 0.15) is 0 Å². The number of pyridine rings is 1. The number of ether oxygens (including phenoxy) is 1. The van der Waals surface area contributed by atoms with Crippen LogP contribution >= 0.6 is 11.3 Å². The summed E-state index contributed by atoms with van der Waals surface area (Å²) in [4.78, 5) is 13.9. The number of piperazine rings is 1. The van der Waals surface area contributed by atoms with E-state index in [-0.39, 0.29) is 5.82 Å². The number of anilines is 1. The molecular weight excluding hydrogens is 423 g/mol. The van der Waals surface area contributed by atoms with E-state index in [0.717, 1.165) is 75.4 Å². The number of hydrogen-bond acceptors (Lipinski definition) is 5. The van der Waals surface area contributed by atoms with Gasteiger partial charge in [-0.2, -0.15) is 0 Å². The average Bonchev–Trinajstić information content (AvgIpc) is 3.46. The van der Waals surface area contributed by atoms with Crippen molar-refractivity contribution in [3.05, 3.63) is 53.8 Å². The van der Waals surface area contributed by atoms with Crippen LogP contribution < -0.4 is 9.64 Å². The molecule has 3 aliphatic rings. The van der Waals surface area contributed by atoms with Crippen LogP contribution in [0.5, 0.6) is 5.75 Å². The van der Waals surface area contributed by atoms with Crippen molar-refractivity contribution in [2.45, 2.75) is 0 Å². The Morgan fingerprint density at radius 3 is 2.69 bits per heavy atom. The number of benzene rings is 2. The molecule has 3 aromatic rings. The van der Waals surface area contributed by atoms with Gasteiger partial charge in [0.1, 0.15) is 11.6 Å². The Balaban J connectivity index is 1.65. The van der Waals surface area contributed by atoms with E-state index in [1.165, 1.54) is 0 Å². The SMILES string of the molecule is COc1ccc2c3c[nH]c4c(-c5cccs5)c(N5CCN(C)CC5)c(F)cc4c-3nc2c1. The summed E-state index contributed by atoms with van der Waals surface area (Å²) in [5, 5.41) is 3.87. The summed E-state index contributed by atoms with van der Waals surface area (Å²) in [5.41, 5.74) is 5.17. The molecule has 1 fully saturated rings. The van der Waals surface area contributed by atoms with Crippen LogP contribution in [0.3, 0.4) is 0 Å². The normalized spacial score (nSPS) is 15.3. The molecule has 4 heterocycles. The van der Waals surface area contributed by atoms with Gasteiger partial charge in [-0.15, -0.1) is 11.3 Å². The molecule has 0 bridgehead atoms. The van der Waals surface area contributed by atoms with E-state index in [9.17, 15) is 0 Å². The van der Waals surface area contributed by atoms with Crippen molar-refractivity contribution in [1.82, 2.24) is 14.9 Å². The summed E-state index contributed by atoms with van der Waals surface area (Å²) in [6.45, 7) is 3.44. The molecule has 162 valence electrons. The Morgan fingerprint density at radius 2 is 1.94 bits per heavy atom. The lowest BCUT2D eigenvalue weighted by Crippen LogP contribution is -2.45. The molecule has 0 atom stereocenters. The van der Waals surface area contributed by atoms with Gasteiger partial charge in [-0.05, 0) is 36.7 Å². The van der Waals surface area contributed by atoms with Crippen LogP contribution in [0.4, 0.5) is 10.1 Å². The van der Waals surface area contributed by atoms with Gasteiger partial charge in [0.2, 0.25) is 0 Å². The van der Waals surface area contributed by atoms with E-state index in [4.69, 9.17) is 9.72 Å². The van der Waals surface area contributed by atoms with E-state index in [1.54, 1.807) is 24.5 Å². The molecule has 6 rings (SSSR count). The molecule has 7 heteroatoms. The minimum absolute atomic E-state index is 0.198. The second kappa shape index (κ2) is 7.46. The van der Waals surface area contributed by atoms with E-state index < -0.39 is 0 Å². The highest BCUT2D eigenvalue weighted by Gasteiger charge is 2.27. The molecule has 0 spiro atoms. The van der Waals surface area contributed by atoms with Gasteiger partial charge in [0.15, 0.2) is 0 Å². The first kappa shape index (κ1) is 19.5. The summed E-state index contributed by atoms with van der Waals surface area (Å²) in [6, 6.07) is 11.6. The van der Waals surface area contributed by atoms with Gasteiger partial charge in [-0.25, -0.2) is 9.37 Å². The maximum absolute atomic E-state index is 15.8. The number of likely N-dealkylation sites (N-methyl/N-ethyl adjacent to an activating group) is 1. The zero-order chi connectivity index (χ0) is 21.8. The van der Waals surface area contributed by atoms with Gasteiger partial charge < -0.3 is 19.5 Å². The van der Waals surface area contributed by atoms with Crippen molar-refractivity contribution < 1.29 is 9.13 Å². The zero-order valence-corrected chi connectivity index (χ0v) is 18.8. The summed E-state index contributed by atoms with van der Waals surface area (Å²) in [5.74, 6) is 0.562. The van der Waals surface area contributed by atoms with Crippen LogP contribution in [0, 0.1) is 5.82 Å². The predicted octanol–water partition coefficient (Wildman–Crippen LogP) is 5.45. The van der Waals surface area contributed by atoms with E-state index in [0.29, 0.717) is 5.69 Å². The Bertz CT molecular complexity index is 1400. The molecule has 0 aliphatic carbocycles. The number of nitrogens with zero attached hydrogens (tertiary/aromatic N) is 3. The highest BCUT2D eigenvalue weighted by Crippen LogP contribution is 2.45. The standard InChI is InChI=1S/C25H23FN4OS/c1-29-7-9-30(10-8-29)25-19(26)13-17-23-18(16-6-5-15(31-2)12-20(16)28-23)14-27-24(17)22(25)21-4-3-11-32-21/h3-6,11-14,27H,7-10H2,1-2H3. The first-order chi connectivity index (χ1) is 15.6. The molecule has 3 aliphatic heterocycles. The van der Waals surface area contributed by atoms with Gasteiger partial charge in [-0.1, -0.05) is 6.07 Å². The Kier molecular flexibility index (Phi) is 4.55. The third-order valence-electron chi connectivity index (χ3n) is 6.44. The fourth-order valence-electron chi connectivity index (χ4n) is 4.74. The minimum atomic E-state index is -0.198. The number of fused-ring (bicyclic) bond motifs is 5. The number of nitrogens with one attached hydrogen (secondary N) is 1. The molecule has 1 aromatic heterocycles. The highest BCUT2D eigenvalue weighted by atomic mass is 32.1. The summed E-state index contributed by atoms with van der Waals surface area (Å²) < 4.78 is 21.2. The lowest BCUT2D eigenvalue weighted by Gasteiger charge is -2.35. The summed E-state index contributed by atoms with van der Waals surface area (Å²) in [6.07, 6.45) is 2.00. The summed E-state index contributed by atoms with van der Waals surface area (Å²) >= 11 is 1.63. The monoisotopic (exact) mass is 446 g/mol. The fraction of sp³-hybridized carbons (Fsp3) is 0.240. The number of rotatable bonds is 3. The largest absolute Gasteiger partial charge is 0.497 e. The van der Waals surface area contributed by atoms with Crippen LogP contribution in [0.15, 0.2) is 48.0 Å². The molecule has 0 unspecified atom stereocenters. The third kappa shape index (κ3) is 2.96. The number of hydrogen-bond donors (Lipinski definition) is 1. The molecule has 0 saturated carbocycles. The van der Waals surface area contributed by atoms with Crippen LogP contribution in [0.2, 0.25) is 0 Å². The number of aromatic nitrogens is 2. The molecule has 1 N–H and O–H groups in total. The fourth-order valence-corrected chi connectivity index (χ4v) is 5.52. The molecule has 5 nitrogen and oxygen atoms in total. The van der Waals surface area contributed by atoms with E-state index >= 15 is 4.39 Å². The second-order valence-corrected chi connectivity index (χ2v) is 9.27. The number of thiophene rings is 1. The Labute approximate surface area is 189 Å². The van der Waals surface area contributed by atoms with Gasteiger partial charge in [0, 0.05) is 65.2 Å². The number of H-pyrrole nitrogens is 1. The topological polar surface area (TPSA) is 44.4 Å². The molecule has 32 heavy (non-hydrogen) atoms. The maximum atomic E-state index is 15.8. The smallest absolute Gasteiger partial charge is 0.147 e. The maximum Gasteiger partial charge on any atom is 0.147 e. The van der Waals surface area contributed by atoms with Crippen molar-refractivity contribution in [2.75, 3.05) is 45.2 Å². The van der Waals surface area contributed by atoms with Crippen molar-refractivity contribution in [1.29, 1.82) is 0 Å². The molecule has 0 radical (unpaired) electrons. The lowest BCUT2D eigenvalue weighted by molar-refractivity contribution is 0.312. The minimum Gasteiger partial charge on any atom is -0.497 e. The van der Waals surface area contributed by atoms with Gasteiger partial charge in [0.05, 0.1) is 29.5 Å². The quantitative estimate of drug-likeness (QED) is 0.400. The number of aromatic amines is 1. The Hall–Kier alpha value is -3.16. The first-order valence-electron chi connectivity index (χ1n) is 10.7. The number of halogens is 1. The second-order valence-electron chi connectivity index (χ2n) is 8.32. The van der Waals surface area contributed by atoms with Crippen molar-refractivity contribution in [3.8, 4) is 27.4 Å². The first-order valence-corrected chi connectivity index (χ1v) is 11.6. The van der Waals surface area contributed by atoms with Crippen molar-refractivity contribution in [3.63, 3.8) is 0 Å². The van der Waals surface area contributed by atoms with E-state index in [2.05, 4.69) is 27.9 Å². The van der Waals surface area contributed by atoms with Crippen LogP contribution in [-0.2, 0) is 0 Å². The highest BCUT2D eigenvalue weighted by molar-refractivity contribution is 7.13. The molecular formula is C25H23FN4OS. The van der Waals surface area contributed by atoms with Gasteiger partial charge in [0.25, 0.3) is 0 Å². The molecule has 2 aromatic carbocycles. The van der Waals surface area contributed by atoms with Crippen LogP contribution in [0.25, 0.3) is 43.5 Å². The van der Waals surface area contributed by atoms with Gasteiger partial charge >= 0.3 is 0 Å². The molecule has 0 amide bonds. The predicted molar refractivity (Wildman–Crippen MR) is 130 cm³/mol. The zero-order valence-electron chi connectivity index (χ0n) is 18.0. The lowest BCUT2D eigenvalue weighted by atomic mass is 9.99. The third-order valence-corrected chi connectivity index (χ3v) is 7.33. The Morgan fingerprint density at radius 1 is 1.09 bits per heavy atom. The molecule has 1 saturated heterocycles. The number of methoxy groups -OCH3 is 1. The van der Waals surface area contributed by atoms with E-state index in [1.807, 2.05) is 35.8 Å². The van der Waals surface area contributed by atoms with Gasteiger partial charge in [-0.3, -0.25) is 0 Å². The van der Waals surface area contributed by atoms with Crippen molar-refractivity contribution in [2.24, 2.45) is 0 Å². The van der Waals surface area contributed by atoms with Crippen molar-refractivity contribution >= 4 is 38.8 Å². The average molecular weight is 447 g/mol.